The van der Waals surface area contributed by atoms with E-state index < -0.39 is 121 Å². The third-order valence-corrected chi connectivity index (χ3v) is 22.4. The largest absolute Gasteiger partial charge is 0.457 e. The van der Waals surface area contributed by atoms with Crippen LogP contribution in [0.4, 0.5) is 26.3 Å². The number of carbonyl (C=O) groups is 4. The number of aryl methyl sites for hydroxylation is 2. The SMILES string of the molecule is C/C(=C/c1csc(C)n1)C1C/C=C(/C(F)(F)F)C/C=C/[C@H](C)[C@H](O)[C@@H](C)C(=O)C(C)(C)[C@@H](O)CC(=O)O1.C/C(=C/c1csc(C)n1)C1C/C=C(/C(F)(F)F)C/C=C/[C@H](C)[C@H](O[Si](C)(C)C(C)(C)C)[C@@H](C)C(=O)C(C)(C)[C@@H](C)CC(=O)O1. The van der Waals surface area contributed by atoms with E-state index in [1.807, 2.05) is 53.8 Å². The number of ether oxygens (including phenoxy) is 2. The van der Waals surface area contributed by atoms with Crippen LogP contribution in [0, 0.1) is 54.3 Å². The molecule has 2 aliphatic heterocycles. The molecular weight excluding hydrogens is 1110 g/mol. The number of aliphatic hydroxyl groups is 2. The molecule has 4 rings (SSSR count). The molecule has 81 heavy (non-hydrogen) atoms. The summed E-state index contributed by atoms with van der Waals surface area (Å²) >= 11 is 2.87. The Labute approximate surface area is 485 Å². The van der Waals surface area contributed by atoms with Crippen molar-refractivity contribution in [2.75, 3.05) is 0 Å². The second kappa shape index (κ2) is 29.0. The maximum Gasteiger partial charge on any atom is 0.412 e. The van der Waals surface area contributed by atoms with E-state index >= 15 is 0 Å². The molecule has 10 atom stereocenters. The highest BCUT2D eigenvalue weighted by Crippen LogP contribution is 2.43. The molecular formula is C61H88F6N2O9S2Si. The van der Waals surface area contributed by atoms with Crippen LogP contribution in [0.2, 0.25) is 18.1 Å². The van der Waals surface area contributed by atoms with Crippen molar-refractivity contribution in [1.29, 1.82) is 0 Å². The molecule has 454 valence electrons. The van der Waals surface area contributed by atoms with E-state index in [-0.39, 0.29) is 48.3 Å². The molecule has 0 saturated heterocycles. The third-order valence-electron chi connectivity index (χ3n) is 16.3. The number of hydrogen-bond acceptors (Lipinski definition) is 13. The first kappa shape index (κ1) is 70.9. The summed E-state index contributed by atoms with van der Waals surface area (Å²) in [4.78, 5) is 62.0. The Kier molecular flexibility index (Phi) is 25.4. The lowest BCUT2D eigenvalue weighted by atomic mass is 9.69. The first-order valence-electron chi connectivity index (χ1n) is 27.6. The number of esters is 2. The second-order valence-electron chi connectivity index (χ2n) is 24.6. The Morgan fingerprint density at radius 3 is 1.48 bits per heavy atom. The molecule has 0 spiro atoms. The van der Waals surface area contributed by atoms with E-state index in [9.17, 15) is 55.7 Å². The highest BCUT2D eigenvalue weighted by Gasteiger charge is 2.47. The molecule has 0 aliphatic carbocycles. The van der Waals surface area contributed by atoms with Crippen LogP contribution in [-0.4, -0.2) is 94.9 Å². The van der Waals surface area contributed by atoms with Gasteiger partial charge in [0.1, 0.15) is 23.8 Å². The van der Waals surface area contributed by atoms with Gasteiger partial charge in [-0.15, -0.1) is 22.7 Å². The van der Waals surface area contributed by atoms with Gasteiger partial charge in [-0.25, -0.2) is 9.97 Å². The highest BCUT2D eigenvalue weighted by molar-refractivity contribution is 7.09. The number of rotatable bonds is 6. The van der Waals surface area contributed by atoms with E-state index in [0.29, 0.717) is 22.5 Å². The number of allylic oxidation sites excluding steroid dienone is 4. The number of alkyl halides is 6. The van der Waals surface area contributed by atoms with Crippen LogP contribution in [0.5, 0.6) is 0 Å². The normalized spacial score (nSPS) is 30.1. The number of hydrogen-bond donors (Lipinski definition) is 2. The van der Waals surface area contributed by atoms with Crippen molar-refractivity contribution in [3.8, 4) is 0 Å². The summed E-state index contributed by atoms with van der Waals surface area (Å²) in [5.41, 5.74) is -1.45. The Balaban J connectivity index is 0.000000432. The van der Waals surface area contributed by atoms with Crippen molar-refractivity contribution in [1.82, 2.24) is 9.97 Å². The van der Waals surface area contributed by atoms with Crippen LogP contribution >= 0.6 is 22.7 Å². The maximum absolute atomic E-state index is 14.2. The van der Waals surface area contributed by atoms with Gasteiger partial charge < -0.3 is 24.1 Å². The average molecular weight is 1200 g/mol. The standard InChI is InChI=1S/C34H52F3NO4SSi.C27H36F3NO5S/c1-21-14-13-15-26(34(35,36)37)16-17-28(22(2)18-27-20-43-25(5)38-27)41-29(39)19-23(3)33(9,10)31(40)24(4)30(21)42-44(11,12)32(6,7)8;1-15-8-7-9-19(27(28,29)30)10-11-21(16(2)12-20-14-37-18(4)31-20)36-23(33)13-22(32)26(5,6)25(35)17(3)24(15)34/h13-14,16,18,20-21,23-24,28,30H,15,17,19H2,1-12H3;7-8,10,12,14-15,17,21-22,24,32,34H,9,11,13H2,1-6H3/b14-13+,22-18-,26-16+;8-7+,16-12-,19-10+/t21-,23-,24+,28?,30-;15-,17+,21?,22-,24-/m00/s1. The fraction of sp³-hybridized carbons (Fsp3) is 0.639. The molecule has 2 aromatic rings. The number of carbonyl (C=O) groups excluding carboxylic acids is 4. The summed E-state index contributed by atoms with van der Waals surface area (Å²) in [6, 6.07) is 0. The average Bonchev–Trinajstić information content (AvgIpc) is 3.97. The quantitative estimate of drug-likeness (QED) is 0.123. The number of nitrogens with zero attached hydrogens (tertiary/aromatic N) is 2. The molecule has 2 N–H and O–H groups in total. The zero-order valence-electron chi connectivity index (χ0n) is 50.5. The summed E-state index contributed by atoms with van der Waals surface area (Å²) in [5, 5.41) is 26.6. The lowest BCUT2D eigenvalue weighted by Gasteiger charge is -2.43. The second-order valence-corrected chi connectivity index (χ2v) is 31.5. The molecule has 2 unspecified atom stereocenters. The van der Waals surface area contributed by atoms with Gasteiger partial charge in [-0.3, -0.25) is 19.2 Å². The van der Waals surface area contributed by atoms with Crippen LogP contribution in [0.3, 0.4) is 0 Å². The van der Waals surface area contributed by atoms with Crippen molar-refractivity contribution in [3.05, 3.63) is 90.9 Å². The van der Waals surface area contributed by atoms with Crippen LogP contribution in [-0.2, 0) is 33.1 Å². The minimum atomic E-state index is -4.61. The zero-order valence-corrected chi connectivity index (χ0v) is 53.2. The molecule has 0 bridgehead atoms. The molecule has 0 aromatic carbocycles. The molecule has 0 fully saturated rings. The lowest BCUT2D eigenvalue weighted by Crippen LogP contribution is -2.50. The van der Waals surface area contributed by atoms with Crippen molar-refractivity contribution in [2.45, 2.75) is 210 Å². The van der Waals surface area contributed by atoms with E-state index in [0.717, 1.165) is 22.2 Å². The summed E-state index contributed by atoms with van der Waals surface area (Å²) in [5.74, 6) is -4.71. The molecule has 20 heteroatoms. The van der Waals surface area contributed by atoms with Gasteiger partial charge in [0, 0.05) is 64.3 Å². The molecule has 2 aliphatic rings. The highest BCUT2D eigenvalue weighted by atomic mass is 32.1. The molecule has 0 saturated carbocycles. The van der Waals surface area contributed by atoms with Crippen molar-refractivity contribution in [2.24, 2.45) is 40.4 Å². The van der Waals surface area contributed by atoms with E-state index in [2.05, 4.69) is 43.8 Å². The minimum Gasteiger partial charge on any atom is -0.457 e. The predicted octanol–water partition coefficient (Wildman–Crippen LogP) is 15.5. The van der Waals surface area contributed by atoms with Crippen LogP contribution in [0.1, 0.15) is 157 Å². The topological polar surface area (TPSA) is 162 Å². The fourth-order valence-corrected chi connectivity index (χ4v) is 11.8. The van der Waals surface area contributed by atoms with Crippen LogP contribution in [0.15, 0.2) is 69.5 Å². The zero-order chi connectivity index (χ0) is 62.0. The van der Waals surface area contributed by atoms with E-state index in [1.54, 1.807) is 44.4 Å². The van der Waals surface area contributed by atoms with Crippen LogP contribution in [0.25, 0.3) is 12.2 Å². The summed E-state index contributed by atoms with van der Waals surface area (Å²) in [6.45, 7) is 33.0. The number of cyclic esters (lactones) is 2. The molecule has 2 aromatic heterocycles. The smallest absolute Gasteiger partial charge is 0.412 e. The first-order valence-corrected chi connectivity index (χ1v) is 32.3. The van der Waals surface area contributed by atoms with Crippen LogP contribution < -0.4 is 0 Å². The van der Waals surface area contributed by atoms with Gasteiger partial charge >= 0.3 is 24.3 Å². The Hall–Kier alpha value is -4.34. The van der Waals surface area contributed by atoms with E-state index in [1.165, 1.54) is 61.7 Å². The number of Topliss-reactive ketones (excluding diaryl/α,β-unsaturated/α-hetero) is 2. The maximum atomic E-state index is 14.2. The Bertz CT molecular complexity index is 2670. The van der Waals surface area contributed by atoms with Crippen molar-refractivity contribution < 1.29 is 69.6 Å². The van der Waals surface area contributed by atoms with E-state index in [4.69, 9.17) is 13.9 Å². The van der Waals surface area contributed by atoms with Gasteiger partial charge in [0.05, 0.1) is 51.6 Å². The van der Waals surface area contributed by atoms with Gasteiger partial charge in [0.2, 0.25) is 0 Å². The number of aliphatic hydroxyl groups excluding tert-OH is 2. The molecule has 4 heterocycles. The molecule has 0 radical (unpaired) electrons. The number of thiazole rings is 2. The van der Waals surface area contributed by atoms with Gasteiger partial charge in [0.25, 0.3) is 0 Å². The van der Waals surface area contributed by atoms with Gasteiger partial charge in [-0.1, -0.05) is 120 Å². The predicted molar refractivity (Wildman–Crippen MR) is 313 cm³/mol. The van der Waals surface area contributed by atoms with Crippen molar-refractivity contribution in [3.63, 3.8) is 0 Å². The first-order chi connectivity index (χ1) is 37.0. The Morgan fingerprint density at radius 1 is 0.679 bits per heavy atom. The third kappa shape index (κ3) is 20.5. The van der Waals surface area contributed by atoms with Gasteiger partial charge in [-0.05, 0) is 93.8 Å². The summed E-state index contributed by atoms with van der Waals surface area (Å²) in [6.07, 6.45) is -4.45. The number of halogens is 6. The van der Waals surface area contributed by atoms with Crippen molar-refractivity contribution >= 4 is 66.6 Å². The fourth-order valence-electron chi connectivity index (χ4n) is 9.22. The molecule has 0 amide bonds. The minimum absolute atomic E-state index is 0.0451. The molecule has 11 nitrogen and oxygen atoms in total. The monoisotopic (exact) mass is 1200 g/mol. The van der Waals surface area contributed by atoms with Gasteiger partial charge in [-0.2, -0.15) is 26.3 Å². The van der Waals surface area contributed by atoms with Gasteiger partial charge in [0.15, 0.2) is 8.32 Å². The number of aromatic nitrogens is 2. The summed E-state index contributed by atoms with van der Waals surface area (Å²) < 4.78 is 102. The number of ketones is 2. The summed E-state index contributed by atoms with van der Waals surface area (Å²) in [7, 11) is -2.35. The lowest BCUT2D eigenvalue weighted by molar-refractivity contribution is -0.154. The Morgan fingerprint density at radius 2 is 1.09 bits per heavy atom.